The molecule has 0 aromatic carbocycles. The molecule has 1 saturated heterocycles. The molecule has 0 bridgehead atoms. The summed E-state index contributed by atoms with van der Waals surface area (Å²) in [6.45, 7) is 5.14. The van der Waals surface area contributed by atoms with Crippen LogP contribution in [-0.2, 0) is 4.74 Å². The summed E-state index contributed by atoms with van der Waals surface area (Å²) < 4.78 is 5.53. The van der Waals surface area contributed by atoms with E-state index in [-0.39, 0.29) is 5.54 Å². The van der Waals surface area contributed by atoms with Gasteiger partial charge in [-0.05, 0) is 19.3 Å². The first-order valence-electron chi connectivity index (χ1n) is 5.61. The van der Waals surface area contributed by atoms with Crippen molar-refractivity contribution in [2.45, 2.75) is 44.6 Å². The summed E-state index contributed by atoms with van der Waals surface area (Å²) in [7, 11) is 0. The fourth-order valence-corrected chi connectivity index (χ4v) is 2.76. The van der Waals surface area contributed by atoms with Crippen LogP contribution in [0.3, 0.4) is 0 Å². The molecule has 76 valence electrons. The van der Waals surface area contributed by atoms with Crippen LogP contribution in [-0.4, -0.2) is 25.3 Å². The molecule has 2 fully saturated rings. The Balaban J connectivity index is 1.83. The van der Waals surface area contributed by atoms with Gasteiger partial charge in [-0.2, -0.15) is 0 Å². The summed E-state index contributed by atoms with van der Waals surface area (Å²) in [5.74, 6) is 0.958. The molecule has 13 heavy (non-hydrogen) atoms. The molecule has 1 aliphatic carbocycles. The average Bonchev–Trinajstić information content (AvgIpc) is 2.57. The first-order chi connectivity index (χ1) is 6.29. The monoisotopic (exact) mass is 183 g/mol. The predicted octanol–water partition coefficient (Wildman–Crippen LogP) is 1.95. The van der Waals surface area contributed by atoms with Gasteiger partial charge in [0.25, 0.3) is 0 Å². The van der Waals surface area contributed by atoms with E-state index in [0.717, 1.165) is 25.7 Å². The second-order valence-electron chi connectivity index (χ2n) is 4.89. The maximum Gasteiger partial charge on any atom is 0.0646 e. The van der Waals surface area contributed by atoms with Crippen molar-refractivity contribution in [3.63, 3.8) is 0 Å². The topological polar surface area (TPSA) is 21.3 Å². The molecule has 1 unspecified atom stereocenters. The van der Waals surface area contributed by atoms with Gasteiger partial charge in [-0.15, -0.1) is 0 Å². The number of morpholine rings is 1. The highest BCUT2D eigenvalue weighted by Crippen LogP contribution is 2.32. The molecular weight excluding hydrogens is 162 g/mol. The molecule has 2 aliphatic rings. The lowest BCUT2D eigenvalue weighted by Crippen LogP contribution is -2.52. The third-order valence-electron chi connectivity index (χ3n) is 3.43. The van der Waals surface area contributed by atoms with Crippen molar-refractivity contribution in [1.29, 1.82) is 0 Å². The highest BCUT2D eigenvalue weighted by atomic mass is 16.5. The standard InChI is InChI=1S/C11H21NO/c1-11(9-13-7-6-12-11)8-10-4-2-3-5-10/h10,12H,2-9H2,1H3. The SMILES string of the molecule is CC1(CC2CCCC2)COCCN1. The number of rotatable bonds is 2. The Hall–Kier alpha value is -0.0800. The maximum absolute atomic E-state index is 5.53. The second-order valence-corrected chi connectivity index (χ2v) is 4.89. The number of ether oxygens (including phenoxy) is 1. The van der Waals surface area contributed by atoms with Gasteiger partial charge in [-0.1, -0.05) is 25.7 Å². The van der Waals surface area contributed by atoms with Gasteiger partial charge in [0, 0.05) is 12.1 Å². The van der Waals surface area contributed by atoms with E-state index in [9.17, 15) is 0 Å². The lowest BCUT2D eigenvalue weighted by Gasteiger charge is -2.36. The average molecular weight is 183 g/mol. The van der Waals surface area contributed by atoms with Gasteiger partial charge in [0.05, 0.1) is 13.2 Å². The first-order valence-corrected chi connectivity index (χ1v) is 5.61. The van der Waals surface area contributed by atoms with Crippen molar-refractivity contribution in [2.24, 2.45) is 5.92 Å². The van der Waals surface area contributed by atoms with Gasteiger partial charge >= 0.3 is 0 Å². The summed E-state index contributed by atoms with van der Waals surface area (Å²) in [4.78, 5) is 0. The third kappa shape index (κ3) is 2.44. The molecule has 2 nitrogen and oxygen atoms in total. The fraction of sp³-hybridized carbons (Fsp3) is 1.00. The molecule has 1 atom stereocenters. The zero-order valence-corrected chi connectivity index (χ0v) is 8.64. The van der Waals surface area contributed by atoms with Crippen LogP contribution in [0.1, 0.15) is 39.0 Å². The van der Waals surface area contributed by atoms with E-state index in [1.54, 1.807) is 0 Å². The molecular formula is C11H21NO. The van der Waals surface area contributed by atoms with Crippen molar-refractivity contribution in [2.75, 3.05) is 19.8 Å². The Bertz CT molecular complexity index is 157. The van der Waals surface area contributed by atoms with Gasteiger partial charge in [-0.25, -0.2) is 0 Å². The predicted molar refractivity (Wildman–Crippen MR) is 53.8 cm³/mol. The van der Waals surface area contributed by atoms with Crippen LogP contribution >= 0.6 is 0 Å². The van der Waals surface area contributed by atoms with Gasteiger partial charge in [0.2, 0.25) is 0 Å². The molecule has 1 saturated carbocycles. The van der Waals surface area contributed by atoms with Crippen LogP contribution in [0.15, 0.2) is 0 Å². The normalized spacial score (nSPS) is 36.7. The summed E-state index contributed by atoms with van der Waals surface area (Å²) in [5, 5.41) is 3.60. The highest BCUT2D eigenvalue weighted by Gasteiger charge is 2.31. The van der Waals surface area contributed by atoms with Crippen molar-refractivity contribution in [3.8, 4) is 0 Å². The minimum absolute atomic E-state index is 0.271. The van der Waals surface area contributed by atoms with Crippen molar-refractivity contribution < 1.29 is 4.74 Å². The fourth-order valence-electron chi connectivity index (χ4n) is 2.76. The van der Waals surface area contributed by atoms with Crippen molar-refractivity contribution in [3.05, 3.63) is 0 Å². The zero-order valence-electron chi connectivity index (χ0n) is 8.64. The van der Waals surface area contributed by atoms with E-state index < -0.39 is 0 Å². The number of nitrogens with one attached hydrogen (secondary N) is 1. The molecule has 0 aromatic rings. The van der Waals surface area contributed by atoms with Crippen LogP contribution in [0.4, 0.5) is 0 Å². The Morgan fingerprint density at radius 1 is 1.38 bits per heavy atom. The first kappa shape index (κ1) is 9.47. The van der Waals surface area contributed by atoms with Crippen LogP contribution < -0.4 is 5.32 Å². The van der Waals surface area contributed by atoms with Gasteiger partial charge in [-0.3, -0.25) is 0 Å². The largest absolute Gasteiger partial charge is 0.378 e. The third-order valence-corrected chi connectivity index (χ3v) is 3.43. The highest BCUT2D eigenvalue weighted by molar-refractivity contribution is 4.88. The van der Waals surface area contributed by atoms with Crippen LogP contribution in [0, 0.1) is 5.92 Å². The quantitative estimate of drug-likeness (QED) is 0.706. The number of hydrogen-bond acceptors (Lipinski definition) is 2. The van der Waals surface area contributed by atoms with Crippen molar-refractivity contribution >= 4 is 0 Å². The molecule has 0 amide bonds. The molecule has 1 aliphatic heterocycles. The molecule has 1 heterocycles. The van der Waals surface area contributed by atoms with E-state index in [1.807, 2.05) is 0 Å². The van der Waals surface area contributed by atoms with Crippen LogP contribution in [0.5, 0.6) is 0 Å². The smallest absolute Gasteiger partial charge is 0.0646 e. The maximum atomic E-state index is 5.53. The lowest BCUT2D eigenvalue weighted by molar-refractivity contribution is 0.0245. The van der Waals surface area contributed by atoms with Crippen LogP contribution in [0.2, 0.25) is 0 Å². The van der Waals surface area contributed by atoms with E-state index in [4.69, 9.17) is 4.74 Å². The lowest BCUT2D eigenvalue weighted by atomic mass is 9.88. The van der Waals surface area contributed by atoms with Crippen LogP contribution in [0.25, 0.3) is 0 Å². The minimum atomic E-state index is 0.271. The second kappa shape index (κ2) is 3.97. The van der Waals surface area contributed by atoms with E-state index in [2.05, 4.69) is 12.2 Å². The summed E-state index contributed by atoms with van der Waals surface area (Å²) >= 11 is 0. The summed E-state index contributed by atoms with van der Waals surface area (Å²) in [6.07, 6.45) is 7.09. The Morgan fingerprint density at radius 2 is 2.15 bits per heavy atom. The minimum Gasteiger partial charge on any atom is -0.378 e. The van der Waals surface area contributed by atoms with Gasteiger partial charge < -0.3 is 10.1 Å². The van der Waals surface area contributed by atoms with E-state index in [1.165, 1.54) is 32.1 Å². The van der Waals surface area contributed by atoms with Crippen molar-refractivity contribution in [1.82, 2.24) is 5.32 Å². The Morgan fingerprint density at radius 3 is 2.77 bits per heavy atom. The van der Waals surface area contributed by atoms with E-state index >= 15 is 0 Å². The van der Waals surface area contributed by atoms with Gasteiger partial charge in [0.1, 0.15) is 0 Å². The molecule has 2 rings (SSSR count). The Labute approximate surface area is 81.0 Å². The summed E-state index contributed by atoms with van der Waals surface area (Å²) in [6, 6.07) is 0. The Kier molecular flexibility index (Phi) is 2.89. The summed E-state index contributed by atoms with van der Waals surface area (Å²) in [5.41, 5.74) is 0.271. The molecule has 0 spiro atoms. The molecule has 2 heteroatoms. The molecule has 1 N–H and O–H groups in total. The zero-order chi connectivity index (χ0) is 9.15. The molecule has 0 radical (unpaired) electrons. The van der Waals surface area contributed by atoms with E-state index in [0.29, 0.717) is 0 Å². The number of hydrogen-bond donors (Lipinski definition) is 1. The van der Waals surface area contributed by atoms with Gasteiger partial charge in [0.15, 0.2) is 0 Å². The molecule has 0 aromatic heterocycles.